The highest BCUT2D eigenvalue weighted by molar-refractivity contribution is 7.89. The Balaban J connectivity index is 1.78. The van der Waals surface area contributed by atoms with Crippen LogP contribution in [0.4, 0.5) is 11.4 Å². The minimum absolute atomic E-state index is 0.0305. The number of rotatable bonds is 8. The molecule has 1 aliphatic heterocycles. The van der Waals surface area contributed by atoms with E-state index in [4.69, 9.17) is 25.8 Å². The number of nitrogens with one attached hydrogen (secondary N) is 2. The number of amides is 1. The van der Waals surface area contributed by atoms with Crippen molar-refractivity contribution in [2.75, 3.05) is 51.2 Å². The molecule has 0 saturated carbocycles. The number of nitrogens with zero attached hydrogens (tertiary/aromatic N) is 2. The lowest BCUT2D eigenvalue weighted by molar-refractivity contribution is -0.112. The Labute approximate surface area is 202 Å². The number of morpholine rings is 1. The Morgan fingerprint density at radius 3 is 2.50 bits per heavy atom. The third-order valence-electron chi connectivity index (χ3n) is 4.92. The van der Waals surface area contributed by atoms with Gasteiger partial charge in [-0.15, -0.1) is 0 Å². The van der Waals surface area contributed by atoms with Gasteiger partial charge in [0.1, 0.15) is 11.6 Å². The van der Waals surface area contributed by atoms with Crippen LogP contribution >= 0.6 is 11.6 Å². The molecule has 0 radical (unpaired) electrons. The van der Waals surface area contributed by atoms with Gasteiger partial charge in [0, 0.05) is 31.0 Å². The zero-order valence-electron chi connectivity index (χ0n) is 18.5. The molecule has 2 aromatic rings. The van der Waals surface area contributed by atoms with Gasteiger partial charge in [-0.3, -0.25) is 4.79 Å². The third kappa shape index (κ3) is 5.78. The van der Waals surface area contributed by atoms with Gasteiger partial charge in [0.2, 0.25) is 10.0 Å². The summed E-state index contributed by atoms with van der Waals surface area (Å²) in [6.45, 7) is 1.15. The number of nitriles is 1. The fourth-order valence-corrected chi connectivity index (χ4v) is 4.73. The van der Waals surface area contributed by atoms with Crippen molar-refractivity contribution >= 4 is 38.9 Å². The minimum atomic E-state index is -3.75. The molecule has 3 rings (SSSR count). The summed E-state index contributed by atoms with van der Waals surface area (Å²) in [4.78, 5) is 12.6. The van der Waals surface area contributed by atoms with Crippen LogP contribution in [0.2, 0.25) is 5.02 Å². The summed E-state index contributed by atoms with van der Waals surface area (Å²) in [7, 11) is -0.793. The first-order chi connectivity index (χ1) is 16.3. The molecule has 0 aromatic heterocycles. The van der Waals surface area contributed by atoms with Gasteiger partial charge in [0.15, 0.2) is 11.5 Å². The maximum atomic E-state index is 12.9. The van der Waals surface area contributed by atoms with E-state index in [1.165, 1.54) is 36.7 Å². The van der Waals surface area contributed by atoms with Gasteiger partial charge in [-0.1, -0.05) is 11.6 Å². The number of hydrogen-bond donors (Lipinski definition) is 2. The largest absolute Gasteiger partial charge is 0.493 e. The summed E-state index contributed by atoms with van der Waals surface area (Å²) < 4.78 is 42.7. The number of anilines is 2. The summed E-state index contributed by atoms with van der Waals surface area (Å²) in [6.07, 6.45) is 1.16. The van der Waals surface area contributed by atoms with Gasteiger partial charge < -0.3 is 24.8 Å². The highest BCUT2D eigenvalue weighted by atomic mass is 35.5. The molecule has 0 aliphatic carbocycles. The number of ether oxygens (including phenoxy) is 3. The van der Waals surface area contributed by atoms with E-state index >= 15 is 0 Å². The number of carbonyl (C=O) groups is 1. The summed E-state index contributed by atoms with van der Waals surface area (Å²) in [5.41, 5.74) is 0.357. The van der Waals surface area contributed by atoms with Gasteiger partial charge in [0.05, 0.1) is 43.0 Å². The van der Waals surface area contributed by atoms with E-state index in [-0.39, 0.29) is 34.3 Å². The van der Waals surface area contributed by atoms with Crippen LogP contribution in [-0.4, -0.2) is 59.2 Å². The molecule has 34 heavy (non-hydrogen) atoms. The second-order valence-electron chi connectivity index (χ2n) is 7.00. The molecule has 1 fully saturated rings. The fraction of sp³-hybridized carbons (Fsp3) is 0.273. The van der Waals surface area contributed by atoms with E-state index in [0.717, 1.165) is 6.20 Å². The Morgan fingerprint density at radius 1 is 1.15 bits per heavy atom. The van der Waals surface area contributed by atoms with Crippen LogP contribution in [0.15, 0.2) is 53.1 Å². The van der Waals surface area contributed by atoms with Gasteiger partial charge in [-0.05, 0) is 30.3 Å². The van der Waals surface area contributed by atoms with E-state index in [0.29, 0.717) is 30.4 Å². The lowest BCUT2D eigenvalue weighted by Crippen LogP contribution is -2.40. The molecule has 0 unspecified atom stereocenters. The Kier molecular flexibility index (Phi) is 8.36. The van der Waals surface area contributed by atoms with Crippen LogP contribution in [0.3, 0.4) is 0 Å². The average Bonchev–Trinajstić information content (AvgIpc) is 2.85. The van der Waals surface area contributed by atoms with Crippen molar-refractivity contribution in [3.8, 4) is 17.6 Å². The van der Waals surface area contributed by atoms with Gasteiger partial charge in [-0.2, -0.15) is 9.57 Å². The molecule has 1 heterocycles. The van der Waals surface area contributed by atoms with Crippen LogP contribution in [0.25, 0.3) is 0 Å². The second-order valence-corrected chi connectivity index (χ2v) is 9.34. The lowest BCUT2D eigenvalue weighted by Gasteiger charge is -2.26. The quantitative estimate of drug-likeness (QED) is 0.413. The molecule has 1 aliphatic rings. The van der Waals surface area contributed by atoms with Crippen LogP contribution in [0.5, 0.6) is 11.5 Å². The first-order valence-electron chi connectivity index (χ1n) is 10.1. The molecular weight excluding hydrogens is 484 g/mol. The van der Waals surface area contributed by atoms with Gasteiger partial charge in [-0.25, -0.2) is 8.42 Å². The van der Waals surface area contributed by atoms with E-state index < -0.39 is 15.9 Å². The maximum Gasteiger partial charge on any atom is 0.267 e. The Hall–Kier alpha value is -3.30. The molecule has 1 amide bonds. The molecule has 10 nitrogen and oxygen atoms in total. The molecule has 0 bridgehead atoms. The summed E-state index contributed by atoms with van der Waals surface area (Å²) in [5.74, 6) is 0.209. The molecule has 0 spiro atoms. The zero-order valence-corrected chi connectivity index (χ0v) is 20.1. The molecule has 180 valence electrons. The predicted octanol–water partition coefficient (Wildman–Crippen LogP) is 2.84. The van der Waals surface area contributed by atoms with E-state index in [1.807, 2.05) is 0 Å². The third-order valence-corrected chi connectivity index (χ3v) is 7.15. The van der Waals surface area contributed by atoms with Crippen LogP contribution in [0.1, 0.15) is 0 Å². The minimum Gasteiger partial charge on any atom is -0.493 e. The van der Waals surface area contributed by atoms with Crippen molar-refractivity contribution in [2.45, 2.75) is 4.90 Å². The number of hydrogen-bond acceptors (Lipinski definition) is 8. The first kappa shape index (κ1) is 25.3. The number of benzene rings is 2. The van der Waals surface area contributed by atoms with Crippen molar-refractivity contribution in [3.63, 3.8) is 0 Å². The highest BCUT2D eigenvalue weighted by Gasteiger charge is 2.27. The normalized spacial score (nSPS) is 14.7. The smallest absolute Gasteiger partial charge is 0.267 e. The monoisotopic (exact) mass is 506 g/mol. The average molecular weight is 507 g/mol. The number of sulfonamides is 1. The number of carbonyl (C=O) groups excluding carboxylic acids is 1. The van der Waals surface area contributed by atoms with Crippen LogP contribution < -0.4 is 20.1 Å². The van der Waals surface area contributed by atoms with E-state index in [1.54, 1.807) is 24.3 Å². The van der Waals surface area contributed by atoms with E-state index in [9.17, 15) is 18.5 Å². The zero-order chi connectivity index (χ0) is 24.7. The van der Waals surface area contributed by atoms with Crippen LogP contribution in [0, 0.1) is 11.3 Å². The predicted molar refractivity (Wildman–Crippen MR) is 127 cm³/mol. The molecule has 2 aromatic carbocycles. The SMILES string of the molecule is COc1ccc(NC(=O)/C(C#N)=C\Nc2cc(S(=O)(=O)N3CCOCC3)ccc2Cl)cc1OC. The summed E-state index contributed by atoms with van der Waals surface area (Å²) in [5, 5.41) is 15.0. The summed E-state index contributed by atoms with van der Waals surface area (Å²) >= 11 is 6.20. The van der Waals surface area contributed by atoms with Gasteiger partial charge in [0.25, 0.3) is 5.91 Å². The topological polar surface area (TPSA) is 130 Å². The Morgan fingerprint density at radius 2 is 1.85 bits per heavy atom. The first-order valence-corrected chi connectivity index (χ1v) is 11.9. The molecule has 2 N–H and O–H groups in total. The second kappa shape index (κ2) is 11.2. The van der Waals surface area contributed by atoms with Crippen molar-refractivity contribution in [1.29, 1.82) is 5.26 Å². The van der Waals surface area contributed by atoms with Gasteiger partial charge >= 0.3 is 0 Å². The standard InChI is InChI=1S/C22H23ClN4O6S/c1-31-20-6-3-16(11-21(20)32-2)26-22(28)15(13-24)14-25-19-12-17(4-5-18(19)23)34(29,30)27-7-9-33-10-8-27/h3-6,11-12,14,25H,7-10H2,1-2H3,(H,26,28)/b15-14-. The van der Waals surface area contributed by atoms with Crippen LogP contribution in [-0.2, 0) is 19.6 Å². The fourth-order valence-electron chi connectivity index (χ4n) is 3.12. The molecule has 0 atom stereocenters. The maximum absolute atomic E-state index is 12.9. The van der Waals surface area contributed by atoms with Crippen molar-refractivity contribution < 1.29 is 27.4 Å². The van der Waals surface area contributed by atoms with E-state index in [2.05, 4.69) is 10.6 Å². The van der Waals surface area contributed by atoms with Crippen molar-refractivity contribution in [2.24, 2.45) is 0 Å². The molecule has 12 heteroatoms. The molecule has 1 saturated heterocycles. The van der Waals surface area contributed by atoms with Crippen molar-refractivity contribution in [3.05, 3.63) is 53.2 Å². The Bertz CT molecular complexity index is 1240. The van der Waals surface area contributed by atoms with Crippen molar-refractivity contribution in [1.82, 2.24) is 4.31 Å². The number of methoxy groups -OCH3 is 2. The lowest BCUT2D eigenvalue weighted by atomic mass is 10.2. The summed E-state index contributed by atoms with van der Waals surface area (Å²) in [6, 6.07) is 10.8. The number of halogens is 1. The highest BCUT2D eigenvalue weighted by Crippen LogP contribution is 2.30. The molecular formula is C22H23ClN4O6S.